The third-order valence-electron chi connectivity index (χ3n) is 2.14. The molecule has 0 fully saturated rings. The second-order valence-corrected chi connectivity index (χ2v) is 4.12. The molecule has 0 saturated carbocycles. The van der Waals surface area contributed by atoms with Gasteiger partial charge in [-0.15, -0.1) is 0 Å². The zero-order valence-electron chi connectivity index (χ0n) is 9.56. The van der Waals surface area contributed by atoms with Crippen LogP contribution in [0, 0.1) is 10.1 Å². The molecule has 0 heterocycles. The van der Waals surface area contributed by atoms with E-state index >= 15 is 0 Å². The summed E-state index contributed by atoms with van der Waals surface area (Å²) in [6.45, 7) is -3.17. The van der Waals surface area contributed by atoms with Crippen LogP contribution in [0.5, 0.6) is 5.75 Å². The number of esters is 1. The van der Waals surface area contributed by atoms with Gasteiger partial charge in [0.25, 0.3) is 5.69 Å². The Morgan fingerprint density at radius 3 is 2.63 bits per heavy atom. The summed E-state index contributed by atoms with van der Waals surface area (Å²) in [6.07, 6.45) is -0.547. The van der Waals surface area contributed by atoms with Gasteiger partial charge in [0.15, 0.2) is 5.75 Å². The van der Waals surface area contributed by atoms with Crippen LogP contribution in [0.3, 0.4) is 0 Å². The lowest BCUT2D eigenvalue weighted by Gasteiger charge is -2.12. The lowest BCUT2D eigenvalue weighted by molar-refractivity contribution is -0.385. The van der Waals surface area contributed by atoms with Crippen LogP contribution in [0.4, 0.5) is 14.5 Å². The summed E-state index contributed by atoms with van der Waals surface area (Å²) in [6, 6.07) is 2.28. The van der Waals surface area contributed by atoms with E-state index in [2.05, 4.69) is 25.4 Å². The number of carbonyl (C=O) groups is 1. The van der Waals surface area contributed by atoms with Gasteiger partial charge in [-0.1, -0.05) is 0 Å². The standard InChI is InChI=1S/C10H8BrF2NO5/c1-18-8(15)4-5-7(14(16)17)3-2-6(11)9(5)19-10(12)13/h2-3,10H,4H2,1H3. The fourth-order valence-electron chi connectivity index (χ4n) is 1.36. The molecule has 0 atom stereocenters. The van der Waals surface area contributed by atoms with Crippen molar-refractivity contribution in [3.63, 3.8) is 0 Å². The molecular weight excluding hydrogens is 332 g/mol. The van der Waals surface area contributed by atoms with Crippen LogP contribution in [0.2, 0.25) is 0 Å². The van der Waals surface area contributed by atoms with Gasteiger partial charge in [-0.25, -0.2) is 0 Å². The molecule has 104 valence electrons. The molecule has 6 nitrogen and oxygen atoms in total. The molecule has 0 aromatic heterocycles. The second-order valence-electron chi connectivity index (χ2n) is 3.26. The molecule has 1 aromatic carbocycles. The summed E-state index contributed by atoms with van der Waals surface area (Å²) in [5, 5.41) is 10.8. The minimum absolute atomic E-state index is 0.0808. The molecule has 0 aliphatic rings. The van der Waals surface area contributed by atoms with Crippen LogP contribution in [0.15, 0.2) is 16.6 Å². The number of rotatable bonds is 5. The zero-order chi connectivity index (χ0) is 14.6. The second kappa shape index (κ2) is 6.41. The maximum absolute atomic E-state index is 12.3. The molecule has 0 amide bonds. The molecule has 0 bridgehead atoms. The van der Waals surface area contributed by atoms with Crippen LogP contribution >= 0.6 is 15.9 Å². The summed E-state index contributed by atoms with van der Waals surface area (Å²) >= 11 is 2.94. The third-order valence-corrected chi connectivity index (χ3v) is 2.76. The number of alkyl halides is 2. The van der Waals surface area contributed by atoms with Crippen LogP contribution in [-0.2, 0) is 16.0 Å². The van der Waals surface area contributed by atoms with Crippen molar-refractivity contribution in [1.29, 1.82) is 0 Å². The molecule has 0 aliphatic carbocycles. The molecule has 0 radical (unpaired) electrons. The quantitative estimate of drug-likeness (QED) is 0.468. The molecule has 9 heteroatoms. The van der Waals surface area contributed by atoms with E-state index in [9.17, 15) is 23.7 Å². The van der Waals surface area contributed by atoms with Crippen LogP contribution < -0.4 is 4.74 Å². The highest BCUT2D eigenvalue weighted by atomic mass is 79.9. The number of ether oxygens (including phenoxy) is 2. The summed E-state index contributed by atoms with van der Waals surface area (Å²) < 4.78 is 33.3. The van der Waals surface area contributed by atoms with Crippen molar-refractivity contribution >= 4 is 27.6 Å². The van der Waals surface area contributed by atoms with Crippen LogP contribution in [0.25, 0.3) is 0 Å². The zero-order valence-corrected chi connectivity index (χ0v) is 11.1. The van der Waals surface area contributed by atoms with Gasteiger partial charge in [0.1, 0.15) is 0 Å². The Hall–Kier alpha value is -1.77. The number of halogens is 3. The van der Waals surface area contributed by atoms with Gasteiger partial charge < -0.3 is 9.47 Å². The first kappa shape index (κ1) is 15.3. The number of methoxy groups -OCH3 is 1. The molecule has 0 unspecified atom stereocenters. The summed E-state index contributed by atoms with van der Waals surface area (Å²) in [7, 11) is 1.08. The van der Waals surface area contributed by atoms with Crippen molar-refractivity contribution < 1.29 is 28.0 Å². The Kier molecular flexibility index (Phi) is 5.16. The van der Waals surface area contributed by atoms with Crippen molar-refractivity contribution in [1.82, 2.24) is 0 Å². The Bertz CT molecular complexity index is 509. The molecular formula is C10H8BrF2NO5. The number of hydrogen-bond acceptors (Lipinski definition) is 5. The highest BCUT2D eigenvalue weighted by molar-refractivity contribution is 9.10. The first-order chi connectivity index (χ1) is 8.86. The van der Waals surface area contributed by atoms with Crippen LogP contribution in [0.1, 0.15) is 5.56 Å². The lowest BCUT2D eigenvalue weighted by atomic mass is 10.1. The van der Waals surface area contributed by atoms with E-state index in [0.717, 1.165) is 13.2 Å². The van der Waals surface area contributed by atoms with E-state index in [1.807, 2.05) is 0 Å². The normalized spacial score (nSPS) is 10.4. The lowest BCUT2D eigenvalue weighted by Crippen LogP contribution is -2.11. The molecule has 19 heavy (non-hydrogen) atoms. The predicted molar refractivity (Wildman–Crippen MR) is 63.1 cm³/mol. The van der Waals surface area contributed by atoms with E-state index < -0.39 is 35.4 Å². The number of benzene rings is 1. The summed E-state index contributed by atoms with van der Waals surface area (Å²) in [5.41, 5.74) is -0.768. The van der Waals surface area contributed by atoms with Crippen molar-refractivity contribution in [3.05, 3.63) is 32.3 Å². The fourth-order valence-corrected chi connectivity index (χ4v) is 1.83. The molecule has 1 rings (SSSR count). The van der Waals surface area contributed by atoms with E-state index in [0.29, 0.717) is 0 Å². The van der Waals surface area contributed by atoms with Gasteiger partial charge in [-0.05, 0) is 22.0 Å². The minimum Gasteiger partial charge on any atom is -0.469 e. The van der Waals surface area contributed by atoms with E-state index in [-0.39, 0.29) is 10.0 Å². The predicted octanol–water partition coefficient (Wildman–Crippen LogP) is 2.67. The molecule has 1 aromatic rings. The number of hydrogen-bond donors (Lipinski definition) is 0. The maximum Gasteiger partial charge on any atom is 0.387 e. The van der Waals surface area contributed by atoms with Gasteiger partial charge >= 0.3 is 12.6 Å². The highest BCUT2D eigenvalue weighted by Gasteiger charge is 2.25. The third kappa shape index (κ3) is 3.85. The van der Waals surface area contributed by atoms with Crippen molar-refractivity contribution in [2.24, 2.45) is 0 Å². The van der Waals surface area contributed by atoms with Crippen molar-refractivity contribution in [3.8, 4) is 5.75 Å². The highest BCUT2D eigenvalue weighted by Crippen LogP contribution is 2.37. The maximum atomic E-state index is 12.3. The van der Waals surface area contributed by atoms with Gasteiger partial charge in [-0.3, -0.25) is 14.9 Å². The first-order valence-corrected chi connectivity index (χ1v) is 5.63. The molecule has 0 aliphatic heterocycles. The van der Waals surface area contributed by atoms with Gasteiger partial charge in [0.05, 0.1) is 28.5 Å². The Morgan fingerprint density at radius 2 is 2.16 bits per heavy atom. The number of nitrogens with zero attached hydrogens (tertiary/aromatic N) is 1. The fraction of sp³-hybridized carbons (Fsp3) is 0.300. The van der Waals surface area contributed by atoms with E-state index in [1.165, 1.54) is 6.07 Å². The smallest absolute Gasteiger partial charge is 0.387 e. The molecule has 0 N–H and O–H groups in total. The Morgan fingerprint density at radius 1 is 1.53 bits per heavy atom. The first-order valence-electron chi connectivity index (χ1n) is 4.84. The van der Waals surface area contributed by atoms with Gasteiger partial charge in [-0.2, -0.15) is 8.78 Å². The topological polar surface area (TPSA) is 78.7 Å². The summed E-state index contributed by atoms with van der Waals surface area (Å²) in [5.74, 6) is -1.25. The minimum atomic E-state index is -3.17. The molecule has 0 spiro atoms. The van der Waals surface area contributed by atoms with Gasteiger partial charge in [0, 0.05) is 6.07 Å². The largest absolute Gasteiger partial charge is 0.469 e. The van der Waals surface area contributed by atoms with E-state index in [4.69, 9.17) is 0 Å². The number of carbonyl (C=O) groups excluding carboxylic acids is 1. The van der Waals surface area contributed by atoms with Gasteiger partial charge in [0.2, 0.25) is 0 Å². The number of nitro benzene ring substituents is 1. The Balaban J connectivity index is 3.35. The average Bonchev–Trinajstić information content (AvgIpc) is 2.32. The van der Waals surface area contributed by atoms with Crippen LogP contribution in [-0.4, -0.2) is 24.6 Å². The van der Waals surface area contributed by atoms with E-state index in [1.54, 1.807) is 0 Å². The van der Waals surface area contributed by atoms with Crippen molar-refractivity contribution in [2.75, 3.05) is 7.11 Å². The monoisotopic (exact) mass is 339 g/mol. The SMILES string of the molecule is COC(=O)Cc1c([N+](=O)[O-])ccc(Br)c1OC(F)F. The average molecular weight is 340 g/mol. The van der Waals surface area contributed by atoms with Crippen molar-refractivity contribution in [2.45, 2.75) is 13.0 Å². The Labute approximate surface area is 114 Å². The summed E-state index contributed by atoms with van der Waals surface area (Å²) in [4.78, 5) is 21.2. The molecule has 0 saturated heterocycles. The number of nitro groups is 1.